The van der Waals surface area contributed by atoms with Crippen LogP contribution in [-0.2, 0) is 37.5 Å². The number of aromatic nitrogens is 4. The van der Waals surface area contributed by atoms with Crippen LogP contribution in [0.5, 0.6) is 5.75 Å². The van der Waals surface area contributed by atoms with Crippen molar-refractivity contribution in [3.8, 4) is 5.75 Å². The molecule has 0 saturated heterocycles. The van der Waals surface area contributed by atoms with Crippen LogP contribution >= 0.6 is 0 Å². The van der Waals surface area contributed by atoms with E-state index in [9.17, 15) is 35.9 Å². The minimum absolute atomic E-state index is 0. The summed E-state index contributed by atoms with van der Waals surface area (Å²) in [4.78, 5) is 23.6. The SMILES string of the molecule is COc1ccc(Cn2nc(C(F)(F)F)c3c2C(=O)[C@@H]2C[C@H]32)cc1.O=C1c2n[nH]c(C(F)(F)F)c2[C@H]2C[C@@H]12.[CH3-].[V]. The molecule has 2 fully saturated rings. The maximum atomic E-state index is 13.2. The van der Waals surface area contributed by atoms with Crippen molar-refractivity contribution in [2.45, 2.75) is 43.6 Å². The number of ketones is 2. The Labute approximate surface area is 230 Å². The molecule has 4 atom stereocenters. The zero-order chi connectivity index (χ0) is 26.4. The largest absolute Gasteiger partial charge is 0.497 e. The first-order valence-electron chi connectivity index (χ1n) is 11.4. The molecular formula is C25H21F6N4O3V-. The van der Waals surface area contributed by atoms with E-state index in [1.54, 1.807) is 24.3 Å². The fourth-order valence-electron chi connectivity index (χ4n) is 5.39. The number of carbonyl (C=O) groups is 2. The van der Waals surface area contributed by atoms with Crippen molar-refractivity contribution < 1.29 is 59.2 Å². The summed E-state index contributed by atoms with van der Waals surface area (Å²) in [5, 5.41) is 9.05. The molecule has 7 nitrogen and oxygen atoms in total. The van der Waals surface area contributed by atoms with Crippen molar-refractivity contribution in [3.63, 3.8) is 0 Å². The smallest absolute Gasteiger partial charge is 0.435 e. The predicted molar refractivity (Wildman–Crippen MR) is 120 cm³/mol. The Kier molecular flexibility index (Phi) is 7.08. The van der Waals surface area contributed by atoms with Gasteiger partial charge in [0.1, 0.15) is 22.8 Å². The second kappa shape index (κ2) is 9.55. The van der Waals surface area contributed by atoms with Gasteiger partial charge in [-0.25, -0.2) is 0 Å². The number of nitrogens with one attached hydrogen (secondary N) is 1. The van der Waals surface area contributed by atoms with E-state index in [-0.39, 0.29) is 90.3 Å². The van der Waals surface area contributed by atoms with Crippen molar-refractivity contribution >= 4 is 11.6 Å². The first kappa shape index (κ1) is 28.9. The molecule has 4 aliphatic rings. The van der Waals surface area contributed by atoms with Crippen molar-refractivity contribution in [2.24, 2.45) is 11.8 Å². The van der Waals surface area contributed by atoms with Crippen LogP contribution in [-0.4, -0.2) is 38.7 Å². The Morgan fingerprint density at radius 1 is 0.923 bits per heavy atom. The topological polar surface area (TPSA) is 89.9 Å². The van der Waals surface area contributed by atoms with Gasteiger partial charge in [0.15, 0.2) is 17.3 Å². The summed E-state index contributed by atoms with van der Waals surface area (Å²) in [5.41, 5.74) is -0.662. The Bertz CT molecular complexity index is 1440. The number of carbonyl (C=O) groups excluding carboxylic acids is 2. The zero-order valence-corrected chi connectivity index (χ0v) is 21.9. The van der Waals surface area contributed by atoms with E-state index < -0.39 is 23.7 Å². The van der Waals surface area contributed by atoms with Crippen LogP contribution in [0.1, 0.15) is 73.7 Å². The number of halogens is 6. The number of hydrogen-bond donors (Lipinski definition) is 1. The number of ether oxygens (including phenoxy) is 1. The van der Waals surface area contributed by atoms with Crippen LogP contribution in [0.15, 0.2) is 24.3 Å². The number of alkyl halides is 6. The van der Waals surface area contributed by atoms with Crippen LogP contribution in [0.2, 0.25) is 0 Å². The molecule has 2 saturated carbocycles. The van der Waals surface area contributed by atoms with E-state index in [0.717, 1.165) is 5.56 Å². The summed E-state index contributed by atoms with van der Waals surface area (Å²) in [7, 11) is 1.54. The number of methoxy groups -OCH3 is 1. The van der Waals surface area contributed by atoms with Gasteiger partial charge in [-0.05, 0) is 42.4 Å². The van der Waals surface area contributed by atoms with Gasteiger partial charge in [-0.1, -0.05) is 12.1 Å². The van der Waals surface area contributed by atoms with Gasteiger partial charge >= 0.3 is 12.4 Å². The van der Waals surface area contributed by atoms with Gasteiger partial charge < -0.3 is 12.2 Å². The summed E-state index contributed by atoms with van der Waals surface area (Å²) in [6, 6.07) is 6.95. The number of H-pyrrole nitrogens is 1. The second-order valence-corrected chi connectivity index (χ2v) is 9.60. The predicted octanol–water partition coefficient (Wildman–Crippen LogP) is 5.43. The van der Waals surface area contributed by atoms with Crippen LogP contribution in [0.3, 0.4) is 0 Å². The first-order valence-corrected chi connectivity index (χ1v) is 11.4. The van der Waals surface area contributed by atoms with Gasteiger partial charge in [-0.3, -0.25) is 19.4 Å². The van der Waals surface area contributed by atoms with Gasteiger partial charge in [0.25, 0.3) is 0 Å². The Hall–Kier alpha value is -3.06. The molecule has 0 aliphatic heterocycles. The molecule has 4 aliphatic carbocycles. The van der Waals surface area contributed by atoms with Crippen LogP contribution in [0.4, 0.5) is 26.3 Å². The Morgan fingerprint density at radius 3 is 2.08 bits per heavy atom. The van der Waals surface area contributed by atoms with Gasteiger partial charge in [0.05, 0.1) is 13.7 Å². The van der Waals surface area contributed by atoms with E-state index >= 15 is 0 Å². The average Bonchev–Trinajstić information content (AvgIpc) is 3.65. The molecule has 0 spiro atoms. The normalized spacial score (nSPS) is 23.4. The third-order valence-electron chi connectivity index (χ3n) is 7.30. The monoisotopic (exact) mass is 590 g/mol. The molecule has 1 aromatic carbocycles. The van der Waals surface area contributed by atoms with Crippen LogP contribution < -0.4 is 4.74 Å². The van der Waals surface area contributed by atoms with Gasteiger partial charge in [-0.15, -0.1) is 0 Å². The standard InChI is InChI=1S/C16H13F3N2O2.C8H5F3N2O.CH3.V/c1-23-9-4-2-8(3-5-9)7-21-13-12(10-6-11(10)14(13)22)15(20-21)16(17,18)19;9-8(10,11)7-4-2-1-3(2)6(14)5(4)12-13-7;;/h2-5,10-11H,6-7H2,1H3;2-3H,1H2,(H,12,13);1H3;/q;;-1;/t10-,11+;2-,3+;;/m00../s1. The Morgan fingerprint density at radius 2 is 1.51 bits per heavy atom. The van der Waals surface area contributed by atoms with E-state index in [4.69, 9.17) is 4.74 Å². The van der Waals surface area contributed by atoms with Crippen molar-refractivity contribution in [1.29, 1.82) is 0 Å². The zero-order valence-electron chi connectivity index (χ0n) is 20.5. The molecule has 0 amide bonds. The van der Waals surface area contributed by atoms with E-state index in [1.807, 2.05) is 5.10 Å². The third kappa shape index (κ3) is 4.69. The number of nitrogens with zero attached hydrogens (tertiary/aromatic N) is 3. The fraction of sp³-hybridized carbons (Fsp3) is 0.400. The quantitative estimate of drug-likeness (QED) is 0.325. The molecular weight excluding hydrogens is 569 g/mol. The summed E-state index contributed by atoms with van der Waals surface area (Å²) >= 11 is 0. The van der Waals surface area contributed by atoms with Crippen LogP contribution in [0.25, 0.3) is 0 Å². The van der Waals surface area contributed by atoms with Crippen molar-refractivity contribution in [1.82, 2.24) is 20.0 Å². The van der Waals surface area contributed by atoms with Gasteiger partial charge in [-0.2, -0.15) is 36.5 Å². The van der Waals surface area contributed by atoms with E-state index in [1.165, 1.54) is 11.8 Å². The molecule has 0 unspecified atom stereocenters. The number of rotatable bonds is 3. The summed E-state index contributed by atoms with van der Waals surface area (Å²) < 4.78 is 83.1. The summed E-state index contributed by atoms with van der Waals surface area (Å²) in [6.45, 7) is 0.133. The molecule has 2 aromatic heterocycles. The molecule has 39 heavy (non-hydrogen) atoms. The molecule has 2 heterocycles. The molecule has 3 aromatic rings. The minimum atomic E-state index is -4.53. The molecule has 14 heteroatoms. The third-order valence-corrected chi connectivity index (χ3v) is 7.30. The van der Waals surface area contributed by atoms with Gasteiger partial charge in [0, 0.05) is 41.5 Å². The molecule has 7 rings (SSSR count). The van der Waals surface area contributed by atoms with E-state index in [0.29, 0.717) is 18.6 Å². The molecule has 0 bridgehead atoms. The maximum Gasteiger partial charge on any atom is 0.435 e. The molecule has 207 valence electrons. The number of hydrogen-bond acceptors (Lipinski definition) is 5. The maximum absolute atomic E-state index is 13.2. The first-order chi connectivity index (χ1) is 17.4. The number of fused-ring (bicyclic) bond motifs is 6. The molecule has 1 radical (unpaired) electrons. The van der Waals surface area contributed by atoms with Crippen LogP contribution in [0, 0.1) is 19.3 Å². The molecule has 1 N–H and O–H groups in total. The number of Topliss-reactive ketones (excluding diaryl/α,β-unsaturated/α-hetero) is 2. The number of benzene rings is 1. The van der Waals surface area contributed by atoms with Crippen molar-refractivity contribution in [3.05, 3.63) is 71.2 Å². The number of aromatic amines is 1. The van der Waals surface area contributed by atoms with Gasteiger partial charge in [0.2, 0.25) is 0 Å². The second-order valence-electron chi connectivity index (χ2n) is 9.60. The fourth-order valence-corrected chi connectivity index (χ4v) is 5.39. The Balaban J connectivity index is 0.000000190. The average molecular weight is 590 g/mol. The summed E-state index contributed by atoms with van der Waals surface area (Å²) in [5.74, 6) is -0.799. The van der Waals surface area contributed by atoms with E-state index in [2.05, 4.69) is 10.2 Å². The summed E-state index contributed by atoms with van der Waals surface area (Å²) in [6.07, 6.45) is -7.90. The minimum Gasteiger partial charge on any atom is -0.497 e. The van der Waals surface area contributed by atoms with Crippen molar-refractivity contribution in [2.75, 3.05) is 7.11 Å².